The number of carbonyl (C=O) groups is 2. The van der Waals surface area contributed by atoms with Gasteiger partial charge in [0, 0.05) is 55.7 Å². The first-order valence-electron chi connectivity index (χ1n) is 13.4. The van der Waals surface area contributed by atoms with E-state index in [-0.39, 0.29) is 24.4 Å². The molecule has 0 saturated carbocycles. The third-order valence-electron chi connectivity index (χ3n) is 6.42. The van der Waals surface area contributed by atoms with Gasteiger partial charge in [0.25, 0.3) is 5.91 Å². The molecule has 4 rings (SSSR count). The first-order chi connectivity index (χ1) is 20.4. The van der Waals surface area contributed by atoms with Gasteiger partial charge in [-0.2, -0.15) is 11.8 Å². The van der Waals surface area contributed by atoms with E-state index in [0.29, 0.717) is 36.5 Å². The lowest BCUT2D eigenvalue weighted by Gasteiger charge is -2.21. The molecule has 216 valence electrons. The molecule has 0 fully saturated rings. The topological polar surface area (TPSA) is 149 Å². The zero-order valence-corrected chi connectivity index (χ0v) is 23.7. The molecule has 0 radical (unpaired) electrons. The van der Waals surface area contributed by atoms with Crippen LogP contribution in [0.2, 0.25) is 0 Å². The fraction of sp³-hybridized carbons (Fsp3) is 0.233. The number of hydrogen-bond donors (Lipinski definition) is 4. The number of carboxylic acid groups (broad SMARTS) is 1. The summed E-state index contributed by atoms with van der Waals surface area (Å²) in [6.07, 6.45) is 5.24. The summed E-state index contributed by atoms with van der Waals surface area (Å²) in [6, 6.07) is 21.7. The van der Waals surface area contributed by atoms with E-state index < -0.39 is 18.2 Å². The van der Waals surface area contributed by atoms with Crippen molar-refractivity contribution in [3.05, 3.63) is 125 Å². The Morgan fingerprint density at radius 1 is 0.833 bits per heavy atom. The predicted molar refractivity (Wildman–Crippen MR) is 162 cm³/mol. The van der Waals surface area contributed by atoms with Crippen LogP contribution >= 0.6 is 11.8 Å². The Morgan fingerprint density at radius 2 is 1.45 bits per heavy atom. The SMILES string of the molecule is O=C(NCCSC(Cc1ccccc1C(=O)O)B(O)O)c1ccc(CN(Cc2ccccn2)Cc2ccccn2)nc1. The van der Waals surface area contributed by atoms with Crippen LogP contribution in [0.1, 0.15) is 43.4 Å². The lowest BCUT2D eigenvalue weighted by Crippen LogP contribution is -2.33. The summed E-state index contributed by atoms with van der Waals surface area (Å²) >= 11 is 1.25. The van der Waals surface area contributed by atoms with Crippen molar-refractivity contribution in [2.75, 3.05) is 12.3 Å². The van der Waals surface area contributed by atoms with Crippen LogP contribution in [0, 0.1) is 0 Å². The van der Waals surface area contributed by atoms with Crippen molar-refractivity contribution < 1.29 is 24.7 Å². The third kappa shape index (κ3) is 9.49. The van der Waals surface area contributed by atoms with Gasteiger partial charge in [-0.05, 0) is 54.4 Å². The van der Waals surface area contributed by atoms with Crippen LogP contribution in [0.4, 0.5) is 0 Å². The zero-order chi connectivity index (χ0) is 29.7. The molecule has 0 aliphatic heterocycles. The van der Waals surface area contributed by atoms with Gasteiger partial charge in [0.15, 0.2) is 0 Å². The van der Waals surface area contributed by atoms with Gasteiger partial charge in [-0.25, -0.2) is 4.79 Å². The lowest BCUT2D eigenvalue weighted by molar-refractivity contribution is 0.0695. The Hall–Kier alpha value is -4.10. The average Bonchev–Trinajstić information content (AvgIpc) is 3.00. The van der Waals surface area contributed by atoms with Gasteiger partial charge < -0.3 is 20.5 Å². The molecule has 0 aliphatic carbocycles. The molecule has 12 heteroatoms. The zero-order valence-electron chi connectivity index (χ0n) is 22.9. The van der Waals surface area contributed by atoms with Crippen molar-refractivity contribution in [2.24, 2.45) is 0 Å². The monoisotopic (exact) mass is 585 g/mol. The highest BCUT2D eigenvalue weighted by atomic mass is 32.2. The van der Waals surface area contributed by atoms with Gasteiger partial charge in [0.05, 0.1) is 28.2 Å². The number of hydrogen-bond acceptors (Lipinski definition) is 9. The van der Waals surface area contributed by atoms with Crippen LogP contribution in [0.5, 0.6) is 0 Å². The second-order valence-electron chi connectivity index (χ2n) is 9.57. The molecule has 0 bridgehead atoms. The summed E-state index contributed by atoms with van der Waals surface area (Å²) in [6.45, 7) is 2.06. The minimum atomic E-state index is -1.64. The van der Waals surface area contributed by atoms with E-state index in [1.807, 2.05) is 42.5 Å². The van der Waals surface area contributed by atoms with E-state index >= 15 is 0 Å². The van der Waals surface area contributed by atoms with E-state index in [1.165, 1.54) is 17.8 Å². The molecule has 1 atom stereocenters. The van der Waals surface area contributed by atoms with E-state index in [4.69, 9.17) is 0 Å². The summed E-state index contributed by atoms with van der Waals surface area (Å²) in [5.41, 5.74) is 3.73. The fourth-order valence-electron chi connectivity index (χ4n) is 4.34. The largest absolute Gasteiger partial charge is 0.478 e. The van der Waals surface area contributed by atoms with Crippen molar-refractivity contribution in [1.82, 2.24) is 25.2 Å². The Kier molecular flexibility index (Phi) is 11.6. The molecule has 1 aromatic carbocycles. The smallest absolute Gasteiger partial charge is 0.465 e. The molecular weight excluding hydrogens is 553 g/mol. The molecule has 1 unspecified atom stereocenters. The molecule has 0 aliphatic rings. The van der Waals surface area contributed by atoms with Gasteiger partial charge in [-0.3, -0.25) is 24.6 Å². The highest BCUT2D eigenvalue weighted by Crippen LogP contribution is 2.20. The maximum Gasteiger partial charge on any atom is 0.465 e. The van der Waals surface area contributed by atoms with Gasteiger partial charge in [-0.15, -0.1) is 0 Å². The number of aromatic carboxylic acids is 1. The molecule has 0 spiro atoms. The molecule has 0 saturated heterocycles. The molecule has 10 nitrogen and oxygen atoms in total. The molecule has 42 heavy (non-hydrogen) atoms. The maximum absolute atomic E-state index is 12.7. The highest BCUT2D eigenvalue weighted by Gasteiger charge is 2.26. The van der Waals surface area contributed by atoms with Gasteiger partial charge in [0.1, 0.15) is 0 Å². The van der Waals surface area contributed by atoms with E-state index in [2.05, 4.69) is 25.2 Å². The summed E-state index contributed by atoms with van der Waals surface area (Å²) in [4.78, 5) is 39.7. The second-order valence-corrected chi connectivity index (χ2v) is 10.9. The van der Waals surface area contributed by atoms with Crippen LogP contribution in [0.15, 0.2) is 91.4 Å². The van der Waals surface area contributed by atoms with Crippen molar-refractivity contribution in [2.45, 2.75) is 31.2 Å². The molecule has 3 aromatic heterocycles. The number of aromatic nitrogens is 3. The Balaban J connectivity index is 1.29. The summed E-state index contributed by atoms with van der Waals surface area (Å²) < 4.78 is 0. The summed E-state index contributed by atoms with van der Waals surface area (Å²) in [7, 11) is -1.64. The number of thioether (sulfide) groups is 1. The van der Waals surface area contributed by atoms with E-state index in [9.17, 15) is 24.7 Å². The number of pyridine rings is 3. The Bertz CT molecular complexity index is 1390. The summed E-state index contributed by atoms with van der Waals surface area (Å²) in [5.74, 6) is -0.946. The minimum absolute atomic E-state index is 0.129. The average molecular weight is 585 g/mol. The molecule has 4 N–H and O–H groups in total. The summed E-state index contributed by atoms with van der Waals surface area (Å²) in [5, 5.41) is 31.2. The van der Waals surface area contributed by atoms with Crippen LogP contribution < -0.4 is 5.32 Å². The number of rotatable bonds is 15. The molecule has 3 heterocycles. The van der Waals surface area contributed by atoms with Gasteiger partial charge in [0.2, 0.25) is 0 Å². The number of nitrogens with one attached hydrogen (secondary N) is 1. The molecule has 4 aromatic rings. The number of benzene rings is 1. The van der Waals surface area contributed by atoms with Crippen LogP contribution in [0.3, 0.4) is 0 Å². The van der Waals surface area contributed by atoms with Crippen molar-refractivity contribution in [1.29, 1.82) is 0 Å². The maximum atomic E-state index is 12.7. The molecular formula is C30H32BN5O5S. The van der Waals surface area contributed by atoms with Gasteiger partial charge >= 0.3 is 13.1 Å². The Labute approximate surface area is 249 Å². The first-order valence-corrected chi connectivity index (χ1v) is 14.5. The minimum Gasteiger partial charge on any atom is -0.478 e. The van der Waals surface area contributed by atoms with Crippen LogP contribution in [-0.4, -0.2) is 71.4 Å². The third-order valence-corrected chi connectivity index (χ3v) is 7.70. The van der Waals surface area contributed by atoms with Crippen LogP contribution in [0.25, 0.3) is 0 Å². The first kappa shape index (κ1) is 30.9. The van der Waals surface area contributed by atoms with Gasteiger partial charge in [-0.1, -0.05) is 30.3 Å². The standard InChI is InChI=1S/C30H32BN5O5S/c37-29(34-15-16-42-28(31(40)41)17-22-7-1-2-10-27(22)30(38)39)23-11-12-26(35-18-23)21-36(19-24-8-3-5-13-32-24)20-25-9-4-6-14-33-25/h1-14,18,28,40-41H,15-17,19-21H2,(H,34,37)(H,38,39). The van der Waals surface area contributed by atoms with Crippen LogP contribution in [-0.2, 0) is 26.1 Å². The number of carboxylic acids is 1. The Morgan fingerprint density at radius 3 is 2.00 bits per heavy atom. The molecule has 1 amide bonds. The lowest BCUT2D eigenvalue weighted by atomic mass is 9.81. The second kappa shape index (κ2) is 15.8. The highest BCUT2D eigenvalue weighted by molar-refractivity contribution is 8.01. The van der Waals surface area contributed by atoms with E-state index in [1.54, 1.807) is 42.9 Å². The van der Waals surface area contributed by atoms with Crippen molar-refractivity contribution in [3.63, 3.8) is 0 Å². The van der Waals surface area contributed by atoms with E-state index in [0.717, 1.165) is 17.1 Å². The normalized spacial score (nSPS) is 11.7. The number of carbonyl (C=O) groups excluding carboxylic acids is 1. The fourth-order valence-corrected chi connectivity index (χ4v) is 5.33. The predicted octanol–water partition coefficient (Wildman–Crippen LogP) is 2.86. The van der Waals surface area contributed by atoms with Crippen molar-refractivity contribution >= 4 is 30.8 Å². The number of amides is 1. The number of nitrogens with zero attached hydrogens (tertiary/aromatic N) is 4. The quantitative estimate of drug-likeness (QED) is 0.121. The van der Waals surface area contributed by atoms with Crippen molar-refractivity contribution in [3.8, 4) is 0 Å².